The molecule has 0 fully saturated rings. The van der Waals surface area contributed by atoms with Crippen molar-refractivity contribution < 1.29 is 31.9 Å². The van der Waals surface area contributed by atoms with Crippen LogP contribution in [-0.4, -0.2) is 48.1 Å². The third-order valence-electron chi connectivity index (χ3n) is 7.70. The first-order valence-corrected chi connectivity index (χ1v) is 15.6. The maximum Gasteiger partial charge on any atom is 0.417 e. The summed E-state index contributed by atoms with van der Waals surface area (Å²) in [5.74, 6) is -0.626. The van der Waals surface area contributed by atoms with Crippen LogP contribution in [0.15, 0.2) is 54.4 Å². The minimum atomic E-state index is -4.75. The van der Waals surface area contributed by atoms with Crippen LogP contribution < -0.4 is 10.6 Å². The van der Waals surface area contributed by atoms with Gasteiger partial charge in [0.1, 0.15) is 11.8 Å². The second kappa shape index (κ2) is 12.1. The van der Waals surface area contributed by atoms with E-state index in [0.717, 1.165) is 11.6 Å². The molecule has 1 aliphatic heterocycles. The Labute approximate surface area is 270 Å². The number of nitrogens with zero attached hydrogens (tertiary/aromatic N) is 5. The topological polar surface area (TPSA) is 116 Å². The molecule has 3 aromatic heterocycles. The van der Waals surface area contributed by atoms with E-state index in [1.54, 1.807) is 61.9 Å². The Morgan fingerprint density at radius 3 is 2.55 bits per heavy atom. The Bertz CT molecular complexity index is 1940. The fourth-order valence-electron chi connectivity index (χ4n) is 5.63. The molecule has 5 aromatic rings. The fraction of sp³-hybridized carbons (Fsp3) is 0.344. The van der Waals surface area contributed by atoms with Crippen LogP contribution in [0.25, 0.3) is 22.0 Å². The van der Waals surface area contributed by atoms with Gasteiger partial charge in [-0.3, -0.25) is 14.8 Å². The van der Waals surface area contributed by atoms with Crippen molar-refractivity contribution in [2.24, 2.45) is 0 Å². The number of alkyl carbamates (subject to hydrolysis) is 1. The smallest absolute Gasteiger partial charge is 0.417 e. The summed E-state index contributed by atoms with van der Waals surface area (Å²) in [5.41, 5.74) is 1.14. The van der Waals surface area contributed by atoms with Crippen molar-refractivity contribution in [1.29, 1.82) is 0 Å². The number of anilines is 1. The van der Waals surface area contributed by atoms with Crippen LogP contribution in [0.2, 0.25) is 0 Å². The van der Waals surface area contributed by atoms with E-state index in [1.165, 1.54) is 34.7 Å². The number of fused-ring (bicyclic) bond motifs is 2. The molecule has 6 rings (SSSR count). The number of carbonyl (C=O) groups is 2. The highest BCUT2D eigenvalue weighted by molar-refractivity contribution is 7.13. The number of imidazole rings is 1. The zero-order valence-corrected chi connectivity index (χ0v) is 26.7. The summed E-state index contributed by atoms with van der Waals surface area (Å²) in [6.07, 6.45) is -2.37. The number of nitrogens with one attached hydrogen (secondary N) is 2. The van der Waals surface area contributed by atoms with Crippen molar-refractivity contribution in [2.45, 2.75) is 71.2 Å². The lowest BCUT2D eigenvalue weighted by Crippen LogP contribution is -2.32. The minimum absolute atomic E-state index is 0.0113. The summed E-state index contributed by atoms with van der Waals surface area (Å²) >= 11 is 1.17. The minimum Gasteiger partial charge on any atom is -0.444 e. The van der Waals surface area contributed by atoms with Crippen LogP contribution in [-0.2, 0) is 35.2 Å². The molecule has 2 amide bonds. The maximum atomic E-state index is 14.6. The first-order valence-electron chi connectivity index (χ1n) is 14.7. The normalized spacial score (nSPS) is 15.4. The average molecular weight is 670 g/mol. The van der Waals surface area contributed by atoms with E-state index in [-0.39, 0.29) is 41.2 Å². The maximum absolute atomic E-state index is 14.6. The van der Waals surface area contributed by atoms with Crippen molar-refractivity contribution in [3.05, 3.63) is 82.5 Å². The van der Waals surface area contributed by atoms with E-state index >= 15 is 0 Å². The van der Waals surface area contributed by atoms with Gasteiger partial charge in [0, 0.05) is 41.8 Å². The van der Waals surface area contributed by atoms with Crippen LogP contribution in [0, 0.1) is 6.92 Å². The van der Waals surface area contributed by atoms with Crippen molar-refractivity contribution in [1.82, 2.24) is 29.6 Å². The molecule has 10 nitrogen and oxygen atoms in total. The van der Waals surface area contributed by atoms with Crippen molar-refractivity contribution in [2.75, 3.05) is 5.32 Å². The van der Waals surface area contributed by atoms with Crippen LogP contribution >= 0.6 is 11.3 Å². The van der Waals surface area contributed by atoms with Gasteiger partial charge in [0.05, 0.1) is 29.6 Å². The molecular formula is C32H31F4N7O3S. The Hall–Kier alpha value is -4.79. The number of ether oxygens (including phenoxy) is 1. The average Bonchev–Trinajstić information content (AvgIpc) is 3.78. The third kappa shape index (κ3) is 6.70. The highest BCUT2D eigenvalue weighted by atomic mass is 32.1. The Balaban J connectivity index is 1.39. The molecule has 1 unspecified atom stereocenters. The summed E-state index contributed by atoms with van der Waals surface area (Å²) in [5, 5.41) is 11.7. The quantitative estimate of drug-likeness (QED) is 0.184. The molecule has 0 saturated heterocycles. The van der Waals surface area contributed by atoms with E-state index in [0.29, 0.717) is 22.4 Å². The molecule has 15 heteroatoms. The lowest BCUT2D eigenvalue weighted by atomic mass is 9.94. The molecule has 0 radical (unpaired) electrons. The molecule has 4 heterocycles. The van der Waals surface area contributed by atoms with Crippen molar-refractivity contribution in [3.63, 3.8) is 0 Å². The first-order chi connectivity index (χ1) is 22.2. The van der Waals surface area contributed by atoms with E-state index in [9.17, 15) is 27.2 Å². The van der Waals surface area contributed by atoms with Crippen LogP contribution in [0.4, 0.5) is 27.5 Å². The molecule has 2 aromatic carbocycles. The number of amides is 2. The summed E-state index contributed by atoms with van der Waals surface area (Å²) in [6, 6.07) is 6.53. The highest BCUT2D eigenvalue weighted by Gasteiger charge is 2.38. The van der Waals surface area contributed by atoms with E-state index in [1.807, 2.05) is 0 Å². The van der Waals surface area contributed by atoms with Gasteiger partial charge < -0.3 is 14.6 Å². The molecule has 2 N–H and O–H groups in total. The first kappa shape index (κ1) is 32.2. The molecule has 0 saturated carbocycles. The van der Waals surface area contributed by atoms with Gasteiger partial charge in [0.15, 0.2) is 11.2 Å². The number of rotatable bonds is 7. The van der Waals surface area contributed by atoms with Crippen LogP contribution in [0.3, 0.4) is 0 Å². The number of alkyl halides is 4. The molecular weight excluding hydrogens is 638 g/mol. The number of carbonyl (C=O) groups excluding carboxylic acids is 2. The van der Waals surface area contributed by atoms with Gasteiger partial charge >= 0.3 is 12.3 Å². The molecule has 0 aliphatic carbocycles. The van der Waals surface area contributed by atoms with Crippen molar-refractivity contribution >= 4 is 39.4 Å². The Kier molecular flexibility index (Phi) is 8.28. The largest absolute Gasteiger partial charge is 0.444 e. The summed E-state index contributed by atoms with van der Waals surface area (Å²) < 4.78 is 66.1. The monoisotopic (exact) mass is 669 g/mol. The number of hydrogen-bond donors (Lipinski definition) is 2. The standard InChI is InChI=1S/C32H31F4N7O3S/c1-17-21(19-7-5-18(6-8-19)13-38-30(45)46-31(2,3)4)12-23(32(34,35)36)22-15-43(41-25(17)22)27(28(44)40-29-37-9-10-47-29)26-24-11-20(33)14-42(24)16-39-26/h5-10,12,15-16,20,27H,11,13-14H2,1-4H3,(H,38,45)(H,37,40,44)/t20-,27?/m1/s1. The van der Waals surface area contributed by atoms with Crippen molar-refractivity contribution in [3.8, 4) is 11.1 Å². The number of aryl methyl sites for hydroxylation is 1. The van der Waals surface area contributed by atoms with Crippen LogP contribution in [0.5, 0.6) is 0 Å². The number of thiazole rings is 1. The molecule has 47 heavy (non-hydrogen) atoms. The SMILES string of the molecule is Cc1c(-c2ccc(CNC(=O)OC(C)(C)C)cc2)cc(C(F)(F)F)c2cn(C(C(=O)Nc3nccs3)c3ncn4c3C[C@@H](F)C4)nc12. The van der Waals surface area contributed by atoms with Gasteiger partial charge in [-0.25, -0.2) is 19.2 Å². The zero-order chi connectivity index (χ0) is 33.7. The van der Waals surface area contributed by atoms with Gasteiger partial charge in [-0.05, 0) is 56.0 Å². The van der Waals surface area contributed by atoms with Gasteiger partial charge in [-0.15, -0.1) is 11.3 Å². The molecule has 0 spiro atoms. The number of benzene rings is 2. The Morgan fingerprint density at radius 1 is 1.15 bits per heavy atom. The van der Waals surface area contributed by atoms with Gasteiger partial charge in [-0.1, -0.05) is 24.3 Å². The van der Waals surface area contributed by atoms with E-state index < -0.39 is 41.6 Å². The summed E-state index contributed by atoms with van der Waals surface area (Å²) in [6.45, 7) is 7.15. The molecule has 246 valence electrons. The summed E-state index contributed by atoms with van der Waals surface area (Å²) in [7, 11) is 0. The third-order valence-corrected chi connectivity index (χ3v) is 8.39. The predicted octanol–water partition coefficient (Wildman–Crippen LogP) is 6.83. The summed E-state index contributed by atoms with van der Waals surface area (Å²) in [4.78, 5) is 34.2. The van der Waals surface area contributed by atoms with Crippen LogP contribution in [0.1, 0.15) is 54.9 Å². The molecule has 0 bridgehead atoms. The lowest BCUT2D eigenvalue weighted by Gasteiger charge is -2.19. The fourth-order valence-corrected chi connectivity index (χ4v) is 6.16. The number of aromatic nitrogens is 5. The van der Waals surface area contributed by atoms with Gasteiger partial charge in [0.25, 0.3) is 5.91 Å². The Morgan fingerprint density at radius 2 is 1.89 bits per heavy atom. The van der Waals surface area contributed by atoms with E-state index in [2.05, 4.69) is 25.7 Å². The lowest BCUT2D eigenvalue weighted by molar-refractivity contribution is -0.136. The molecule has 2 atom stereocenters. The zero-order valence-electron chi connectivity index (χ0n) is 25.9. The predicted molar refractivity (Wildman–Crippen MR) is 168 cm³/mol. The highest BCUT2D eigenvalue weighted by Crippen LogP contribution is 2.41. The second-order valence-electron chi connectivity index (χ2n) is 12.3. The van der Waals surface area contributed by atoms with Gasteiger partial charge in [-0.2, -0.15) is 18.3 Å². The number of hydrogen-bond acceptors (Lipinski definition) is 7. The van der Waals surface area contributed by atoms with Gasteiger partial charge in [0.2, 0.25) is 0 Å². The molecule has 1 aliphatic rings. The number of halogens is 4. The second-order valence-corrected chi connectivity index (χ2v) is 13.2. The van der Waals surface area contributed by atoms with E-state index in [4.69, 9.17) is 4.74 Å².